The van der Waals surface area contributed by atoms with Crippen LogP contribution in [0.1, 0.15) is 18.9 Å². The number of rotatable bonds is 5. The molecule has 2 fully saturated rings. The number of ether oxygens (including phenoxy) is 1. The van der Waals surface area contributed by atoms with E-state index in [2.05, 4.69) is 43.0 Å². The largest absolute Gasteiger partial charge is 0.379 e. The Balaban J connectivity index is 0.00000261. The van der Waals surface area contributed by atoms with Crippen molar-refractivity contribution in [2.45, 2.75) is 19.9 Å². The predicted octanol–water partition coefficient (Wildman–Crippen LogP) is 3.33. The van der Waals surface area contributed by atoms with Crippen molar-refractivity contribution in [3.05, 3.63) is 34.1 Å². The van der Waals surface area contributed by atoms with Gasteiger partial charge in [0.15, 0.2) is 5.96 Å². The topological polar surface area (TPSA) is 40.1 Å². The van der Waals surface area contributed by atoms with Crippen molar-refractivity contribution in [1.29, 1.82) is 0 Å². The summed E-state index contributed by atoms with van der Waals surface area (Å²) in [5.74, 6) is 1.33. The lowest BCUT2D eigenvalue weighted by atomic mass is 10.1. The average Bonchev–Trinajstić information content (AvgIpc) is 3.09. The highest BCUT2D eigenvalue weighted by Gasteiger charge is 2.27. The first-order valence-corrected chi connectivity index (χ1v) is 10.2. The van der Waals surface area contributed by atoms with Crippen LogP contribution in [0.25, 0.3) is 0 Å². The molecule has 1 N–H and O–H groups in total. The summed E-state index contributed by atoms with van der Waals surface area (Å²) < 4.78 is 20.2. The molecular weight excluding hydrogens is 526 g/mol. The maximum Gasteiger partial charge on any atom is 0.194 e. The molecular formula is C19H29BrFIN4O. The Kier molecular flexibility index (Phi) is 9.75. The van der Waals surface area contributed by atoms with Crippen LogP contribution in [0.4, 0.5) is 4.39 Å². The number of guanidine groups is 1. The lowest BCUT2D eigenvalue weighted by molar-refractivity contribution is 0.0315. The van der Waals surface area contributed by atoms with Crippen LogP contribution in [0.5, 0.6) is 0 Å². The SMILES string of the molecule is CCNC(=NCc1ccc(Br)cc1F)N1CCC(CN2CCOCC2)C1.I. The molecule has 1 aromatic rings. The van der Waals surface area contributed by atoms with Crippen molar-refractivity contribution in [2.75, 3.05) is 52.5 Å². The second-order valence-electron chi connectivity index (χ2n) is 6.92. The minimum atomic E-state index is -0.217. The lowest BCUT2D eigenvalue weighted by Gasteiger charge is -2.29. The van der Waals surface area contributed by atoms with E-state index in [1.54, 1.807) is 6.07 Å². The number of hydrogen-bond donors (Lipinski definition) is 1. The second kappa shape index (κ2) is 11.5. The van der Waals surface area contributed by atoms with Gasteiger partial charge in [-0.3, -0.25) is 4.90 Å². The fourth-order valence-corrected chi connectivity index (χ4v) is 3.89. The van der Waals surface area contributed by atoms with Crippen molar-refractivity contribution >= 4 is 45.9 Å². The molecule has 27 heavy (non-hydrogen) atoms. The van der Waals surface area contributed by atoms with Crippen LogP contribution >= 0.6 is 39.9 Å². The van der Waals surface area contributed by atoms with E-state index in [1.807, 2.05) is 6.07 Å². The van der Waals surface area contributed by atoms with E-state index in [4.69, 9.17) is 4.74 Å². The zero-order valence-electron chi connectivity index (χ0n) is 15.8. The van der Waals surface area contributed by atoms with Gasteiger partial charge in [-0.25, -0.2) is 9.38 Å². The third-order valence-electron chi connectivity index (χ3n) is 4.95. The summed E-state index contributed by atoms with van der Waals surface area (Å²) in [7, 11) is 0. The highest BCUT2D eigenvalue weighted by atomic mass is 127. The molecule has 2 heterocycles. The molecule has 1 atom stereocenters. The molecule has 2 aliphatic rings. The summed E-state index contributed by atoms with van der Waals surface area (Å²) in [6.07, 6.45) is 1.18. The molecule has 2 aliphatic heterocycles. The summed E-state index contributed by atoms with van der Waals surface area (Å²) in [6, 6.07) is 5.14. The van der Waals surface area contributed by atoms with Gasteiger partial charge in [0.1, 0.15) is 5.82 Å². The number of nitrogens with one attached hydrogen (secondary N) is 1. The van der Waals surface area contributed by atoms with Gasteiger partial charge in [-0.15, -0.1) is 24.0 Å². The predicted molar refractivity (Wildman–Crippen MR) is 121 cm³/mol. The third-order valence-corrected chi connectivity index (χ3v) is 5.45. The molecule has 0 saturated carbocycles. The van der Waals surface area contributed by atoms with Crippen LogP contribution in [0.3, 0.4) is 0 Å². The van der Waals surface area contributed by atoms with E-state index < -0.39 is 0 Å². The number of aliphatic imine (C=N–C) groups is 1. The smallest absolute Gasteiger partial charge is 0.194 e. The number of nitrogens with zero attached hydrogens (tertiary/aromatic N) is 3. The average molecular weight is 555 g/mol. The summed E-state index contributed by atoms with van der Waals surface area (Å²) in [6.45, 7) is 10.1. The number of hydrogen-bond acceptors (Lipinski definition) is 3. The molecule has 1 aromatic carbocycles. The van der Waals surface area contributed by atoms with Gasteiger partial charge in [0, 0.05) is 49.3 Å². The molecule has 0 amide bonds. The van der Waals surface area contributed by atoms with E-state index in [1.165, 1.54) is 12.5 Å². The van der Waals surface area contributed by atoms with Crippen LogP contribution < -0.4 is 5.32 Å². The van der Waals surface area contributed by atoms with Crippen LogP contribution in [0.15, 0.2) is 27.7 Å². The first-order chi connectivity index (χ1) is 12.7. The van der Waals surface area contributed by atoms with Crippen molar-refractivity contribution < 1.29 is 9.13 Å². The van der Waals surface area contributed by atoms with Crippen molar-refractivity contribution in [3.63, 3.8) is 0 Å². The molecule has 0 bridgehead atoms. The van der Waals surface area contributed by atoms with Crippen LogP contribution in [-0.4, -0.2) is 68.2 Å². The first-order valence-electron chi connectivity index (χ1n) is 9.43. The van der Waals surface area contributed by atoms with E-state index >= 15 is 0 Å². The van der Waals surface area contributed by atoms with Gasteiger partial charge in [-0.05, 0) is 31.4 Å². The van der Waals surface area contributed by atoms with Crippen molar-refractivity contribution in [1.82, 2.24) is 15.1 Å². The van der Waals surface area contributed by atoms with Crippen LogP contribution in [0, 0.1) is 11.7 Å². The van der Waals surface area contributed by atoms with Crippen LogP contribution in [0.2, 0.25) is 0 Å². The lowest BCUT2D eigenvalue weighted by Crippen LogP contribution is -2.42. The standard InChI is InChI=1S/C19H28BrFN4O.HI/c1-2-22-19(23-12-16-3-4-17(20)11-18(16)21)25-6-5-15(14-25)13-24-7-9-26-10-8-24;/h3-4,11,15H,2,5-10,12-14H2,1H3,(H,22,23);1H. The van der Waals surface area contributed by atoms with Crippen LogP contribution in [-0.2, 0) is 11.3 Å². The number of morpholine rings is 1. The molecule has 2 saturated heterocycles. The summed E-state index contributed by atoms with van der Waals surface area (Å²) in [5.41, 5.74) is 0.618. The first kappa shape index (κ1) is 22.8. The van der Waals surface area contributed by atoms with Gasteiger partial charge < -0.3 is 15.0 Å². The molecule has 8 heteroatoms. The minimum absolute atomic E-state index is 0. The molecule has 0 aliphatic carbocycles. The number of halogens is 3. The summed E-state index contributed by atoms with van der Waals surface area (Å²) >= 11 is 3.29. The second-order valence-corrected chi connectivity index (χ2v) is 7.84. The Morgan fingerprint density at radius 2 is 2.11 bits per heavy atom. The zero-order valence-corrected chi connectivity index (χ0v) is 19.7. The highest BCUT2D eigenvalue weighted by Crippen LogP contribution is 2.19. The molecule has 1 unspecified atom stereocenters. The quantitative estimate of drug-likeness (QED) is 0.344. The van der Waals surface area contributed by atoms with E-state index in [0.717, 1.165) is 62.9 Å². The zero-order chi connectivity index (χ0) is 18.4. The normalized spacial score (nSPS) is 21.2. The molecule has 3 rings (SSSR count). The summed E-state index contributed by atoms with van der Waals surface area (Å²) in [5, 5.41) is 3.36. The molecule has 152 valence electrons. The molecule has 5 nitrogen and oxygen atoms in total. The van der Waals surface area contributed by atoms with Crippen molar-refractivity contribution in [2.24, 2.45) is 10.9 Å². The number of benzene rings is 1. The number of likely N-dealkylation sites (tertiary alicyclic amines) is 1. The van der Waals surface area contributed by atoms with Crippen molar-refractivity contribution in [3.8, 4) is 0 Å². The van der Waals surface area contributed by atoms with Gasteiger partial charge in [-0.2, -0.15) is 0 Å². The van der Waals surface area contributed by atoms with E-state index in [9.17, 15) is 4.39 Å². The summed E-state index contributed by atoms with van der Waals surface area (Å²) in [4.78, 5) is 9.49. The maximum atomic E-state index is 14.0. The molecule has 0 radical (unpaired) electrons. The van der Waals surface area contributed by atoms with Gasteiger partial charge >= 0.3 is 0 Å². The fraction of sp³-hybridized carbons (Fsp3) is 0.632. The Morgan fingerprint density at radius 3 is 2.81 bits per heavy atom. The van der Waals surface area contributed by atoms with Gasteiger partial charge in [-0.1, -0.05) is 22.0 Å². The minimum Gasteiger partial charge on any atom is -0.379 e. The fourth-order valence-electron chi connectivity index (χ4n) is 3.56. The Bertz CT molecular complexity index is 628. The highest BCUT2D eigenvalue weighted by molar-refractivity contribution is 14.0. The van der Waals surface area contributed by atoms with E-state index in [0.29, 0.717) is 18.0 Å². The third kappa shape index (κ3) is 6.83. The Hall–Kier alpha value is -0.450. The monoisotopic (exact) mass is 554 g/mol. The van der Waals surface area contributed by atoms with Gasteiger partial charge in [0.05, 0.1) is 19.8 Å². The van der Waals surface area contributed by atoms with Gasteiger partial charge in [0.2, 0.25) is 0 Å². The molecule has 0 spiro atoms. The molecule has 0 aromatic heterocycles. The van der Waals surface area contributed by atoms with E-state index in [-0.39, 0.29) is 29.8 Å². The Labute approximate surface area is 186 Å². The maximum absolute atomic E-state index is 14.0. The van der Waals surface area contributed by atoms with Gasteiger partial charge in [0.25, 0.3) is 0 Å². The Morgan fingerprint density at radius 1 is 1.33 bits per heavy atom.